The third-order valence-electron chi connectivity index (χ3n) is 1.91. The summed E-state index contributed by atoms with van der Waals surface area (Å²) in [6.07, 6.45) is 3.84. The van der Waals surface area contributed by atoms with E-state index in [0.717, 1.165) is 25.1 Å². The van der Waals surface area contributed by atoms with E-state index >= 15 is 0 Å². The Hall–Kier alpha value is -1.16. The van der Waals surface area contributed by atoms with Crippen LogP contribution in [0.2, 0.25) is 0 Å². The molecule has 1 unspecified atom stereocenters. The molecule has 0 saturated carbocycles. The van der Waals surface area contributed by atoms with E-state index in [1.165, 1.54) is 0 Å². The van der Waals surface area contributed by atoms with E-state index in [1.54, 1.807) is 6.20 Å². The fourth-order valence-electron chi connectivity index (χ4n) is 1.16. The molecule has 4 nitrogen and oxygen atoms in total. The first-order chi connectivity index (χ1) is 6.68. The number of aromatic nitrogens is 2. The molecule has 1 aromatic rings. The Kier molecular flexibility index (Phi) is 4.32. The summed E-state index contributed by atoms with van der Waals surface area (Å²) in [6, 6.07) is 2.16. The van der Waals surface area contributed by atoms with Gasteiger partial charge in [0, 0.05) is 24.5 Å². The lowest BCUT2D eigenvalue weighted by Crippen LogP contribution is -2.16. The summed E-state index contributed by atoms with van der Waals surface area (Å²) in [7, 11) is 0. The third-order valence-corrected chi connectivity index (χ3v) is 1.91. The van der Waals surface area contributed by atoms with Crippen LogP contribution in [0.3, 0.4) is 0 Å². The van der Waals surface area contributed by atoms with Gasteiger partial charge in [-0.15, -0.1) is 0 Å². The first-order valence-corrected chi connectivity index (χ1v) is 4.97. The van der Waals surface area contributed by atoms with Crippen molar-refractivity contribution in [3.63, 3.8) is 0 Å². The van der Waals surface area contributed by atoms with Gasteiger partial charge in [-0.25, -0.2) is 9.97 Å². The smallest absolute Gasteiger partial charge is 0.222 e. The maximum Gasteiger partial charge on any atom is 0.222 e. The Morgan fingerprint density at radius 1 is 1.57 bits per heavy atom. The summed E-state index contributed by atoms with van der Waals surface area (Å²) in [4.78, 5) is 8.34. The zero-order chi connectivity index (χ0) is 10.4. The second kappa shape index (κ2) is 5.54. The molecule has 0 aliphatic rings. The van der Waals surface area contributed by atoms with Crippen molar-refractivity contribution >= 4 is 5.95 Å². The van der Waals surface area contributed by atoms with Gasteiger partial charge in [0.1, 0.15) is 0 Å². The van der Waals surface area contributed by atoms with Gasteiger partial charge in [-0.3, -0.25) is 0 Å². The first-order valence-electron chi connectivity index (χ1n) is 4.97. The van der Waals surface area contributed by atoms with Gasteiger partial charge in [0.05, 0.1) is 0 Å². The van der Waals surface area contributed by atoms with Gasteiger partial charge in [0.2, 0.25) is 5.95 Å². The van der Waals surface area contributed by atoms with Crippen LogP contribution < -0.4 is 11.1 Å². The SMILES string of the molecule is Cc1ccnc(NCCCC(C)N)n1. The maximum atomic E-state index is 5.64. The third kappa shape index (κ3) is 4.18. The Morgan fingerprint density at radius 3 is 3.00 bits per heavy atom. The maximum absolute atomic E-state index is 5.64. The fraction of sp³-hybridized carbons (Fsp3) is 0.600. The zero-order valence-corrected chi connectivity index (χ0v) is 8.83. The predicted octanol–water partition coefficient (Wildman–Crippen LogP) is 1.32. The van der Waals surface area contributed by atoms with Crippen LogP contribution in [0, 0.1) is 6.92 Å². The molecule has 3 N–H and O–H groups in total. The number of aryl methyl sites for hydroxylation is 1. The lowest BCUT2D eigenvalue weighted by molar-refractivity contribution is 0.638. The molecule has 1 atom stereocenters. The van der Waals surface area contributed by atoms with Crippen molar-refractivity contribution in [3.05, 3.63) is 18.0 Å². The van der Waals surface area contributed by atoms with E-state index in [4.69, 9.17) is 5.73 Å². The first kappa shape index (κ1) is 10.9. The van der Waals surface area contributed by atoms with E-state index in [1.807, 2.05) is 19.9 Å². The summed E-state index contributed by atoms with van der Waals surface area (Å²) in [6.45, 7) is 4.85. The quantitative estimate of drug-likeness (QED) is 0.694. The van der Waals surface area contributed by atoms with Gasteiger partial charge in [0.25, 0.3) is 0 Å². The number of rotatable bonds is 5. The van der Waals surface area contributed by atoms with Gasteiger partial charge in [0.15, 0.2) is 0 Å². The standard InChI is InChI=1S/C10H18N4/c1-8(11)4-3-6-12-10-13-7-5-9(2)14-10/h5,7-8H,3-4,6,11H2,1-2H3,(H,12,13,14). The summed E-state index contributed by atoms with van der Waals surface area (Å²) in [5, 5.41) is 3.16. The second-order valence-corrected chi connectivity index (χ2v) is 3.57. The predicted molar refractivity (Wildman–Crippen MR) is 58.1 cm³/mol. The van der Waals surface area contributed by atoms with Crippen molar-refractivity contribution in [1.82, 2.24) is 9.97 Å². The fourth-order valence-corrected chi connectivity index (χ4v) is 1.16. The molecule has 0 aromatic carbocycles. The van der Waals surface area contributed by atoms with E-state index in [0.29, 0.717) is 5.95 Å². The Morgan fingerprint density at radius 2 is 2.36 bits per heavy atom. The molecule has 0 radical (unpaired) electrons. The van der Waals surface area contributed by atoms with Crippen molar-refractivity contribution in [3.8, 4) is 0 Å². The van der Waals surface area contributed by atoms with E-state index < -0.39 is 0 Å². The molecule has 1 aromatic heterocycles. The van der Waals surface area contributed by atoms with Gasteiger partial charge in [-0.05, 0) is 32.8 Å². The lowest BCUT2D eigenvalue weighted by atomic mass is 10.2. The number of nitrogens with two attached hydrogens (primary N) is 1. The molecule has 0 aliphatic heterocycles. The summed E-state index contributed by atoms with van der Waals surface area (Å²) in [5.74, 6) is 0.703. The van der Waals surface area contributed by atoms with Crippen molar-refractivity contribution in [2.75, 3.05) is 11.9 Å². The molecule has 0 saturated heterocycles. The largest absolute Gasteiger partial charge is 0.354 e. The highest BCUT2D eigenvalue weighted by Gasteiger charge is 1.96. The number of hydrogen-bond acceptors (Lipinski definition) is 4. The Bertz CT molecular complexity index is 273. The van der Waals surface area contributed by atoms with Crippen LogP contribution >= 0.6 is 0 Å². The summed E-state index contributed by atoms with van der Waals surface area (Å²) in [5.41, 5.74) is 6.62. The van der Waals surface area contributed by atoms with Crippen LogP contribution in [-0.4, -0.2) is 22.6 Å². The normalized spacial score (nSPS) is 12.5. The van der Waals surface area contributed by atoms with Crippen LogP contribution in [0.15, 0.2) is 12.3 Å². The van der Waals surface area contributed by atoms with Crippen LogP contribution in [0.25, 0.3) is 0 Å². The van der Waals surface area contributed by atoms with E-state index in [9.17, 15) is 0 Å². The highest BCUT2D eigenvalue weighted by atomic mass is 15.1. The van der Waals surface area contributed by atoms with Gasteiger partial charge in [-0.2, -0.15) is 0 Å². The Balaban J connectivity index is 2.25. The number of nitrogens with one attached hydrogen (secondary N) is 1. The van der Waals surface area contributed by atoms with Crippen LogP contribution in [0.4, 0.5) is 5.95 Å². The molecular weight excluding hydrogens is 176 g/mol. The monoisotopic (exact) mass is 194 g/mol. The molecule has 0 aliphatic carbocycles. The van der Waals surface area contributed by atoms with Crippen molar-refractivity contribution < 1.29 is 0 Å². The molecule has 78 valence electrons. The van der Waals surface area contributed by atoms with Crippen molar-refractivity contribution in [2.45, 2.75) is 32.7 Å². The van der Waals surface area contributed by atoms with E-state index in [-0.39, 0.29) is 6.04 Å². The Labute approximate surface area is 85.0 Å². The van der Waals surface area contributed by atoms with Crippen LogP contribution in [0.1, 0.15) is 25.5 Å². The minimum absolute atomic E-state index is 0.273. The average Bonchev–Trinajstić information content (AvgIpc) is 2.12. The highest BCUT2D eigenvalue weighted by Crippen LogP contribution is 2.00. The number of hydrogen-bond donors (Lipinski definition) is 2. The minimum atomic E-state index is 0.273. The molecular formula is C10H18N4. The lowest BCUT2D eigenvalue weighted by Gasteiger charge is -2.06. The molecule has 0 fully saturated rings. The van der Waals surface area contributed by atoms with E-state index in [2.05, 4.69) is 15.3 Å². The molecule has 1 rings (SSSR count). The zero-order valence-electron chi connectivity index (χ0n) is 8.83. The summed E-state index contributed by atoms with van der Waals surface area (Å²) < 4.78 is 0. The summed E-state index contributed by atoms with van der Waals surface area (Å²) >= 11 is 0. The highest BCUT2D eigenvalue weighted by molar-refractivity contribution is 5.24. The second-order valence-electron chi connectivity index (χ2n) is 3.57. The minimum Gasteiger partial charge on any atom is -0.354 e. The van der Waals surface area contributed by atoms with Crippen molar-refractivity contribution in [1.29, 1.82) is 0 Å². The van der Waals surface area contributed by atoms with Crippen LogP contribution in [-0.2, 0) is 0 Å². The molecule has 14 heavy (non-hydrogen) atoms. The van der Waals surface area contributed by atoms with Gasteiger partial charge >= 0.3 is 0 Å². The topological polar surface area (TPSA) is 63.8 Å². The molecule has 0 amide bonds. The molecule has 0 bridgehead atoms. The van der Waals surface area contributed by atoms with Gasteiger partial charge in [-0.1, -0.05) is 0 Å². The molecule has 4 heteroatoms. The number of anilines is 1. The number of nitrogens with zero attached hydrogens (tertiary/aromatic N) is 2. The van der Waals surface area contributed by atoms with Crippen molar-refractivity contribution in [2.24, 2.45) is 5.73 Å². The molecule has 0 spiro atoms. The molecule has 1 heterocycles. The average molecular weight is 194 g/mol. The van der Waals surface area contributed by atoms with Gasteiger partial charge < -0.3 is 11.1 Å². The van der Waals surface area contributed by atoms with Crippen LogP contribution in [0.5, 0.6) is 0 Å².